The number of hydrogen-bond acceptors (Lipinski definition) is 4. The molecule has 0 spiro atoms. The summed E-state index contributed by atoms with van der Waals surface area (Å²) in [6.45, 7) is -0.111. The van der Waals surface area contributed by atoms with E-state index in [2.05, 4.69) is 10.5 Å². The molecule has 0 saturated heterocycles. The second kappa shape index (κ2) is 9.20. The molecular formula is C22H20N2O3. The van der Waals surface area contributed by atoms with E-state index in [1.54, 1.807) is 13.3 Å². The van der Waals surface area contributed by atoms with E-state index in [9.17, 15) is 4.79 Å². The van der Waals surface area contributed by atoms with Gasteiger partial charge in [0.1, 0.15) is 11.5 Å². The Morgan fingerprint density at radius 3 is 2.41 bits per heavy atom. The molecule has 0 aliphatic carbocycles. The lowest BCUT2D eigenvalue weighted by Crippen LogP contribution is -2.24. The number of methoxy groups -OCH3 is 1. The Kier molecular flexibility index (Phi) is 6.20. The molecule has 0 atom stereocenters. The number of amides is 1. The van der Waals surface area contributed by atoms with Crippen molar-refractivity contribution in [2.45, 2.75) is 0 Å². The first-order valence-electron chi connectivity index (χ1n) is 8.49. The lowest BCUT2D eigenvalue weighted by Gasteiger charge is -2.06. The monoisotopic (exact) mass is 360 g/mol. The highest BCUT2D eigenvalue weighted by Gasteiger charge is 2.02. The highest BCUT2D eigenvalue weighted by atomic mass is 16.5. The van der Waals surface area contributed by atoms with Crippen LogP contribution in [0, 0.1) is 0 Å². The Labute approximate surface area is 158 Å². The molecule has 3 aromatic carbocycles. The van der Waals surface area contributed by atoms with Crippen LogP contribution >= 0.6 is 0 Å². The molecule has 1 amide bonds. The van der Waals surface area contributed by atoms with Crippen molar-refractivity contribution in [2.24, 2.45) is 5.10 Å². The van der Waals surface area contributed by atoms with E-state index >= 15 is 0 Å². The molecule has 1 N–H and O–H groups in total. The van der Waals surface area contributed by atoms with Crippen LogP contribution in [0.1, 0.15) is 5.56 Å². The van der Waals surface area contributed by atoms with Gasteiger partial charge in [-0.15, -0.1) is 0 Å². The summed E-state index contributed by atoms with van der Waals surface area (Å²) in [7, 11) is 1.60. The molecule has 0 aliphatic rings. The molecule has 0 radical (unpaired) electrons. The van der Waals surface area contributed by atoms with Gasteiger partial charge in [0, 0.05) is 0 Å². The molecule has 136 valence electrons. The first-order valence-corrected chi connectivity index (χ1v) is 8.49. The number of hydrogen-bond donors (Lipinski definition) is 1. The maximum Gasteiger partial charge on any atom is 0.277 e. The predicted molar refractivity (Wildman–Crippen MR) is 106 cm³/mol. The molecule has 0 aliphatic heterocycles. The molecule has 0 fully saturated rings. The van der Waals surface area contributed by atoms with Gasteiger partial charge in [-0.1, -0.05) is 54.6 Å². The van der Waals surface area contributed by atoms with Crippen LogP contribution in [-0.2, 0) is 4.79 Å². The van der Waals surface area contributed by atoms with Crippen LogP contribution in [0.4, 0.5) is 0 Å². The molecule has 0 heterocycles. The van der Waals surface area contributed by atoms with E-state index in [1.807, 2.05) is 78.9 Å². The van der Waals surface area contributed by atoms with E-state index in [0.29, 0.717) is 5.75 Å². The van der Waals surface area contributed by atoms with Crippen molar-refractivity contribution in [1.82, 2.24) is 5.43 Å². The van der Waals surface area contributed by atoms with Crippen molar-refractivity contribution in [2.75, 3.05) is 13.7 Å². The molecule has 3 rings (SSSR count). The van der Waals surface area contributed by atoms with Gasteiger partial charge >= 0.3 is 0 Å². The molecule has 5 nitrogen and oxygen atoms in total. The summed E-state index contributed by atoms with van der Waals surface area (Å²) in [4.78, 5) is 11.8. The highest BCUT2D eigenvalue weighted by Crippen LogP contribution is 2.21. The molecule has 0 saturated carbocycles. The molecule has 3 aromatic rings. The van der Waals surface area contributed by atoms with Gasteiger partial charge in [-0.05, 0) is 41.0 Å². The van der Waals surface area contributed by atoms with Crippen molar-refractivity contribution in [1.29, 1.82) is 0 Å². The van der Waals surface area contributed by atoms with Crippen LogP contribution < -0.4 is 14.9 Å². The summed E-state index contributed by atoms with van der Waals surface area (Å²) >= 11 is 0. The van der Waals surface area contributed by atoms with E-state index < -0.39 is 0 Å². The van der Waals surface area contributed by atoms with Gasteiger partial charge in [-0.2, -0.15) is 5.10 Å². The maximum absolute atomic E-state index is 11.8. The van der Waals surface area contributed by atoms with Gasteiger partial charge in [0.25, 0.3) is 5.91 Å². The molecular weight excluding hydrogens is 340 g/mol. The normalized spacial score (nSPS) is 10.6. The van der Waals surface area contributed by atoms with E-state index in [1.165, 1.54) is 0 Å². The second-order valence-corrected chi connectivity index (χ2v) is 5.75. The number of nitrogens with zero attached hydrogens (tertiary/aromatic N) is 1. The number of ether oxygens (including phenoxy) is 2. The molecule has 0 unspecified atom stereocenters. The van der Waals surface area contributed by atoms with Crippen molar-refractivity contribution in [3.05, 3.63) is 84.4 Å². The average molecular weight is 360 g/mol. The van der Waals surface area contributed by atoms with Crippen LogP contribution in [0.15, 0.2) is 84.0 Å². The molecule has 0 bridgehead atoms. The number of rotatable bonds is 7. The first kappa shape index (κ1) is 18.2. The summed E-state index contributed by atoms with van der Waals surface area (Å²) in [6, 6.07) is 25.0. The SMILES string of the molecule is COc1cccc(C=NNC(=O)COc2ccc(-c3ccccc3)cc2)c1. The Hall–Kier alpha value is -3.60. The zero-order valence-corrected chi connectivity index (χ0v) is 15.0. The highest BCUT2D eigenvalue weighted by molar-refractivity contribution is 5.83. The van der Waals surface area contributed by atoms with Crippen molar-refractivity contribution in [3.63, 3.8) is 0 Å². The second-order valence-electron chi connectivity index (χ2n) is 5.75. The van der Waals surface area contributed by atoms with Gasteiger partial charge in [0.15, 0.2) is 6.61 Å². The topological polar surface area (TPSA) is 59.9 Å². The lowest BCUT2D eigenvalue weighted by molar-refractivity contribution is -0.123. The third-order valence-corrected chi connectivity index (χ3v) is 3.83. The van der Waals surface area contributed by atoms with E-state index in [-0.39, 0.29) is 12.5 Å². The van der Waals surface area contributed by atoms with Crippen LogP contribution in [-0.4, -0.2) is 25.8 Å². The fourth-order valence-electron chi connectivity index (χ4n) is 2.46. The Balaban J connectivity index is 1.48. The standard InChI is InChI=1S/C22H20N2O3/c1-26-21-9-5-6-17(14-21)15-23-24-22(25)16-27-20-12-10-19(11-13-20)18-7-3-2-4-8-18/h2-15H,16H2,1H3,(H,24,25). The van der Waals surface area contributed by atoms with Crippen LogP contribution in [0.2, 0.25) is 0 Å². The largest absolute Gasteiger partial charge is 0.497 e. The van der Waals surface area contributed by atoms with Crippen LogP contribution in [0.3, 0.4) is 0 Å². The van der Waals surface area contributed by atoms with Gasteiger partial charge < -0.3 is 9.47 Å². The van der Waals surface area contributed by atoms with Gasteiger partial charge in [0.2, 0.25) is 0 Å². The van der Waals surface area contributed by atoms with E-state index in [4.69, 9.17) is 9.47 Å². The Morgan fingerprint density at radius 2 is 1.67 bits per heavy atom. The number of carbonyl (C=O) groups is 1. The van der Waals surface area contributed by atoms with Gasteiger partial charge in [-0.25, -0.2) is 5.43 Å². The third kappa shape index (κ3) is 5.44. The Bertz CT molecular complexity index is 906. The maximum atomic E-state index is 11.8. The number of benzene rings is 3. The smallest absolute Gasteiger partial charge is 0.277 e. The number of hydrazone groups is 1. The van der Waals surface area contributed by atoms with Crippen molar-refractivity contribution >= 4 is 12.1 Å². The minimum atomic E-state index is -0.332. The minimum Gasteiger partial charge on any atom is -0.497 e. The van der Waals surface area contributed by atoms with Crippen molar-refractivity contribution in [3.8, 4) is 22.6 Å². The summed E-state index contributed by atoms with van der Waals surface area (Å²) < 4.78 is 10.6. The quantitative estimate of drug-likeness (QED) is 0.514. The number of nitrogens with one attached hydrogen (secondary N) is 1. The summed E-state index contributed by atoms with van der Waals surface area (Å²) in [6.07, 6.45) is 1.55. The van der Waals surface area contributed by atoms with Crippen LogP contribution in [0.25, 0.3) is 11.1 Å². The first-order chi connectivity index (χ1) is 13.2. The average Bonchev–Trinajstić information content (AvgIpc) is 2.73. The third-order valence-electron chi connectivity index (χ3n) is 3.83. The van der Waals surface area contributed by atoms with Crippen LogP contribution in [0.5, 0.6) is 11.5 Å². The fraction of sp³-hybridized carbons (Fsp3) is 0.0909. The molecule has 27 heavy (non-hydrogen) atoms. The summed E-state index contributed by atoms with van der Waals surface area (Å²) in [5.41, 5.74) is 5.49. The minimum absolute atomic E-state index is 0.111. The van der Waals surface area contributed by atoms with Gasteiger partial charge in [0.05, 0.1) is 13.3 Å². The molecule has 5 heteroatoms. The molecule has 0 aromatic heterocycles. The summed E-state index contributed by atoms with van der Waals surface area (Å²) in [5, 5.41) is 3.92. The summed E-state index contributed by atoms with van der Waals surface area (Å²) in [5.74, 6) is 1.02. The van der Waals surface area contributed by atoms with Gasteiger partial charge in [-0.3, -0.25) is 4.79 Å². The van der Waals surface area contributed by atoms with E-state index in [0.717, 1.165) is 22.4 Å². The predicted octanol–water partition coefficient (Wildman–Crippen LogP) is 3.89. The fourth-order valence-corrected chi connectivity index (χ4v) is 2.46. The number of carbonyl (C=O) groups excluding carboxylic acids is 1. The Morgan fingerprint density at radius 1 is 0.926 bits per heavy atom. The zero-order valence-electron chi connectivity index (χ0n) is 15.0. The lowest BCUT2D eigenvalue weighted by atomic mass is 10.1. The van der Waals surface area contributed by atoms with Crippen molar-refractivity contribution < 1.29 is 14.3 Å². The zero-order chi connectivity index (χ0) is 18.9.